The van der Waals surface area contributed by atoms with E-state index in [0.717, 1.165) is 68.8 Å². The molecule has 0 saturated carbocycles. The summed E-state index contributed by atoms with van der Waals surface area (Å²) in [6.45, 7) is 9.44. The summed E-state index contributed by atoms with van der Waals surface area (Å²) in [4.78, 5) is 2.46. The second kappa shape index (κ2) is 9.34. The smallest absolute Gasteiger partial charge is 0.132 e. The van der Waals surface area contributed by atoms with Crippen molar-refractivity contribution in [3.05, 3.63) is 52.3 Å². The van der Waals surface area contributed by atoms with E-state index in [0.29, 0.717) is 6.54 Å². The van der Waals surface area contributed by atoms with E-state index in [-0.39, 0.29) is 0 Å². The molecule has 0 atom stereocenters. The van der Waals surface area contributed by atoms with Gasteiger partial charge in [0.25, 0.3) is 0 Å². The van der Waals surface area contributed by atoms with Crippen LogP contribution in [0.15, 0.2) is 30.3 Å². The highest BCUT2D eigenvalue weighted by molar-refractivity contribution is 6.30. The Morgan fingerprint density at radius 3 is 2.72 bits per heavy atom. The molecule has 0 radical (unpaired) electrons. The third kappa shape index (κ3) is 5.28. The van der Waals surface area contributed by atoms with Gasteiger partial charge in [0.2, 0.25) is 0 Å². The molecule has 6 heteroatoms. The zero-order chi connectivity index (χ0) is 17.5. The highest BCUT2D eigenvalue weighted by Crippen LogP contribution is 2.20. The molecule has 1 saturated heterocycles. The fourth-order valence-corrected chi connectivity index (χ4v) is 3.42. The van der Waals surface area contributed by atoms with Crippen molar-refractivity contribution in [3.8, 4) is 0 Å². The van der Waals surface area contributed by atoms with E-state index in [2.05, 4.69) is 27.4 Å². The molecule has 1 aliphatic heterocycles. The van der Waals surface area contributed by atoms with Crippen molar-refractivity contribution < 1.29 is 4.74 Å². The largest absolute Gasteiger partial charge is 0.379 e. The van der Waals surface area contributed by atoms with Crippen molar-refractivity contribution in [3.63, 3.8) is 0 Å². The Labute approximate surface area is 154 Å². The van der Waals surface area contributed by atoms with Crippen molar-refractivity contribution in [2.45, 2.75) is 26.4 Å². The fraction of sp³-hybridized carbons (Fsp3) is 0.526. The number of nitrogens with one attached hydrogen (secondary N) is 1. The predicted octanol–water partition coefficient (Wildman–Crippen LogP) is 2.71. The summed E-state index contributed by atoms with van der Waals surface area (Å²) < 4.78 is 7.26. The van der Waals surface area contributed by atoms with Gasteiger partial charge >= 0.3 is 0 Å². The van der Waals surface area contributed by atoms with Crippen LogP contribution in [-0.2, 0) is 17.8 Å². The SMILES string of the molecule is Cc1nn(Cc2ccccc2)c(Cl)c1CNCCCN1CCOCC1. The van der Waals surface area contributed by atoms with E-state index in [1.807, 2.05) is 29.8 Å². The lowest BCUT2D eigenvalue weighted by molar-refractivity contribution is 0.0374. The Morgan fingerprint density at radius 2 is 1.96 bits per heavy atom. The van der Waals surface area contributed by atoms with Crippen LogP contribution in [0.4, 0.5) is 0 Å². The Bertz CT molecular complexity index is 653. The van der Waals surface area contributed by atoms with Crippen molar-refractivity contribution in [1.29, 1.82) is 0 Å². The Hall–Kier alpha value is -1.40. The van der Waals surface area contributed by atoms with Crippen LogP contribution in [0, 0.1) is 6.92 Å². The topological polar surface area (TPSA) is 42.3 Å². The molecule has 3 rings (SSSR count). The number of rotatable bonds is 8. The van der Waals surface area contributed by atoms with Crippen LogP contribution in [0.3, 0.4) is 0 Å². The zero-order valence-electron chi connectivity index (χ0n) is 14.9. The minimum absolute atomic E-state index is 0.706. The quantitative estimate of drug-likeness (QED) is 0.733. The van der Waals surface area contributed by atoms with E-state index in [1.54, 1.807) is 0 Å². The summed E-state index contributed by atoms with van der Waals surface area (Å²) in [6, 6.07) is 10.3. The van der Waals surface area contributed by atoms with Gasteiger partial charge < -0.3 is 10.1 Å². The lowest BCUT2D eigenvalue weighted by Crippen LogP contribution is -2.37. The maximum atomic E-state index is 6.55. The van der Waals surface area contributed by atoms with Crippen molar-refractivity contribution >= 4 is 11.6 Å². The molecule has 2 heterocycles. The van der Waals surface area contributed by atoms with Crippen molar-refractivity contribution in [2.24, 2.45) is 0 Å². The number of benzene rings is 1. The number of hydrogen-bond donors (Lipinski definition) is 1. The van der Waals surface area contributed by atoms with Crippen LogP contribution in [0.1, 0.15) is 23.2 Å². The van der Waals surface area contributed by atoms with Gasteiger partial charge in [-0.2, -0.15) is 5.10 Å². The fourth-order valence-electron chi connectivity index (χ4n) is 3.12. The first-order valence-corrected chi connectivity index (χ1v) is 9.38. The van der Waals surface area contributed by atoms with E-state index in [4.69, 9.17) is 16.3 Å². The van der Waals surface area contributed by atoms with Gasteiger partial charge in [0.05, 0.1) is 25.5 Å². The number of aryl methyl sites for hydroxylation is 1. The van der Waals surface area contributed by atoms with Gasteiger partial charge in [0.1, 0.15) is 5.15 Å². The lowest BCUT2D eigenvalue weighted by atomic mass is 10.2. The van der Waals surface area contributed by atoms with Crippen molar-refractivity contribution in [2.75, 3.05) is 39.4 Å². The Balaban J connectivity index is 1.46. The second-order valence-corrected chi connectivity index (χ2v) is 6.84. The van der Waals surface area contributed by atoms with Crippen LogP contribution < -0.4 is 5.32 Å². The normalized spacial score (nSPS) is 15.6. The second-order valence-electron chi connectivity index (χ2n) is 6.48. The number of ether oxygens (including phenoxy) is 1. The van der Waals surface area contributed by atoms with Gasteiger partial charge in [-0.1, -0.05) is 41.9 Å². The summed E-state index contributed by atoms with van der Waals surface area (Å²) in [5.41, 5.74) is 3.31. The molecule has 2 aromatic rings. The summed E-state index contributed by atoms with van der Waals surface area (Å²) in [6.07, 6.45) is 1.13. The first-order chi connectivity index (χ1) is 12.2. The summed E-state index contributed by atoms with van der Waals surface area (Å²) >= 11 is 6.55. The third-order valence-corrected chi connectivity index (χ3v) is 5.01. The van der Waals surface area contributed by atoms with Gasteiger partial charge in [0.15, 0.2) is 0 Å². The van der Waals surface area contributed by atoms with E-state index >= 15 is 0 Å². The minimum Gasteiger partial charge on any atom is -0.379 e. The van der Waals surface area contributed by atoms with Gasteiger partial charge in [-0.25, -0.2) is 4.68 Å². The molecule has 1 aliphatic rings. The van der Waals surface area contributed by atoms with Gasteiger partial charge in [-0.15, -0.1) is 0 Å². The molecule has 0 spiro atoms. The number of hydrogen-bond acceptors (Lipinski definition) is 4. The molecule has 1 aromatic carbocycles. The number of nitrogens with zero attached hydrogens (tertiary/aromatic N) is 3. The maximum Gasteiger partial charge on any atom is 0.132 e. The predicted molar refractivity (Wildman–Crippen MR) is 101 cm³/mol. The minimum atomic E-state index is 0.706. The molecule has 0 unspecified atom stereocenters. The first-order valence-electron chi connectivity index (χ1n) is 9.00. The van der Waals surface area contributed by atoms with Crippen LogP contribution >= 0.6 is 11.6 Å². The highest BCUT2D eigenvalue weighted by atomic mass is 35.5. The van der Waals surface area contributed by atoms with Gasteiger partial charge in [0, 0.05) is 25.2 Å². The average molecular weight is 363 g/mol. The van der Waals surface area contributed by atoms with Gasteiger partial charge in [-0.3, -0.25) is 4.90 Å². The molecule has 5 nitrogen and oxygen atoms in total. The highest BCUT2D eigenvalue weighted by Gasteiger charge is 2.13. The lowest BCUT2D eigenvalue weighted by Gasteiger charge is -2.26. The molecule has 1 fully saturated rings. The third-order valence-electron chi connectivity index (χ3n) is 4.59. The molecule has 136 valence electrons. The molecule has 1 N–H and O–H groups in total. The monoisotopic (exact) mass is 362 g/mol. The summed E-state index contributed by atoms with van der Waals surface area (Å²) in [5, 5.41) is 8.84. The van der Waals surface area contributed by atoms with Crippen LogP contribution in [-0.4, -0.2) is 54.1 Å². The van der Waals surface area contributed by atoms with Crippen molar-refractivity contribution in [1.82, 2.24) is 20.0 Å². The van der Waals surface area contributed by atoms with Crippen LogP contribution in [0.5, 0.6) is 0 Å². The number of aromatic nitrogens is 2. The van der Waals surface area contributed by atoms with Crippen LogP contribution in [0.2, 0.25) is 5.15 Å². The van der Waals surface area contributed by atoms with E-state index < -0.39 is 0 Å². The molecule has 0 bridgehead atoms. The van der Waals surface area contributed by atoms with Crippen LogP contribution in [0.25, 0.3) is 0 Å². The number of morpholine rings is 1. The van der Waals surface area contributed by atoms with E-state index in [9.17, 15) is 0 Å². The molecule has 0 amide bonds. The molecular weight excluding hydrogens is 336 g/mol. The first kappa shape index (κ1) is 18.4. The number of halogens is 1. The standard InChI is InChI=1S/C19H27ClN4O/c1-16-18(14-21-8-5-9-23-10-12-25-13-11-23)19(20)24(22-16)15-17-6-3-2-4-7-17/h2-4,6-7,21H,5,8-15H2,1H3. The molecule has 0 aliphatic carbocycles. The Kier molecular flexibility index (Phi) is 6.87. The molecular formula is C19H27ClN4O. The Morgan fingerprint density at radius 1 is 1.20 bits per heavy atom. The molecule has 25 heavy (non-hydrogen) atoms. The molecule has 1 aromatic heterocycles. The summed E-state index contributed by atoms with van der Waals surface area (Å²) in [5.74, 6) is 0. The van der Waals surface area contributed by atoms with E-state index in [1.165, 1.54) is 5.56 Å². The zero-order valence-corrected chi connectivity index (χ0v) is 15.6. The summed E-state index contributed by atoms with van der Waals surface area (Å²) in [7, 11) is 0. The maximum absolute atomic E-state index is 6.55. The average Bonchev–Trinajstić information content (AvgIpc) is 2.90. The van der Waals surface area contributed by atoms with Gasteiger partial charge in [-0.05, 0) is 32.0 Å².